The molecule has 4 heteroatoms. The molecule has 0 saturated carbocycles. The van der Waals surface area contributed by atoms with E-state index in [2.05, 4.69) is 69.0 Å². The molecule has 1 aliphatic heterocycles. The summed E-state index contributed by atoms with van der Waals surface area (Å²) in [4.78, 5) is 11.5. The van der Waals surface area contributed by atoms with Gasteiger partial charge in [0.2, 0.25) is 0 Å². The fraction of sp³-hybridized carbons (Fsp3) is 0.476. The quantitative estimate of drug-likeness (QED) is 0.427. The Morgan fingerprint density at radius 1 is 1.24 bits per heavy atom. The molecule has 1 aromatic carbocycles. The summed E-state index contributed by atoms with van der Waals surface area (Å²) in [5.41, 5.74) is 5.12. The van der Waals surface area contributed by atoms with Crippen LogP contribution in [-0.2, 0) is 20.3 Å². The van der Waals surface area contributed by atoms with Crippen LogP contribution in [0.4, 0.5) is 0 Å². The van der Waals surface area contributed by atoms with Crippen molar-refractivity contribution in [2.75, 3.05) is 7.11 Å². The van der Waals surface area contributed by atoms with E-state index in [-0.39, 0.29) is 24.6 Å². The van der Waals surface area contributed by atoms with Crippen molar-refractivity contribution in [3.63, 3.8) is 0 Å². The van der Waals surface area contributed by atoms with E-state index in [9.17, 15) is 4.79 Å². The third-order valence-corrected chi connectivity index (χ3v) is 7.15. The van der Waals surface area contributed by atoms with Gasteiger partial charge in [-0.25, -0.2) is 0 Å². The van der Waals surface area contributed by atoms with E-state index in [4.69, 9.17) is 9.47 Å². The first-order valence-corrected chi connectivity index (χ1v) is 12.2. The number of rotatable bonds is 6. The fourth-order valence-electron chi connectivity index (χ4n) is 3.51. The zero-order chi connectivity index (χ0) is 18.4. The maximum Gasteiger partial charge on any atom is 0.308 e. The normalized spacial score (nSPS) is 24.2. The van der Waals surface area contributed by atoms with Gasteiger partial charge in [0.1, 0.15) is 0 Å². The first-order chi connectivity index (χ1) is 11.8. The lowest BCUT2D eigenvalue weighted by Gasteiger charge is -2.32. The molecule has 0 radical (unpaired) electrons. The lowest BCUT2D eigenvalue weighted by Crippen LogP contribution is -2.35. The predicted octanol–water partition coefficient (Wildman–Crippen LogP) is 4.49. The Balaban J connectivity index is 2.08. The smallest absolute Gasteiger partial charge is 0.308 e. The second kappa shape index (κ2) is 8.63. The van der Waals surface area contributed by atoms with E-state index in [1.807, 2.05) is 6.08 Å². The molecule has 1 aliphatic rings. The van der Waals surface area contributed by atoms with Crippen LogP contribution in [0.1, 0.15) is 25.8 Å². The minimum absolute atomic E-state index is 0.0298. The topological polar surface area (TPSA) is 35.5 Å². The molecule has 0 unspecified atom stereocenters. The molecule has 0 amide bonds. The van der Waals surface area contributed by atoms with E-state index >= 15 is 0 Å². The van der Waals surface area contributed by atoms with Gasteiger partial charge in [0, 0.05) is 5.92 Å². The third kappa shape index (κ3) is 5.98. The molecular formula is C21H30O3Si. The zero-order valence-corrected chi connectivity index (χ0v) is 17.0. The molecule has 0 N–H and O–H groups in total. The summed E-state index contributed by atoms with van der Waals surface area (Å²) < 4.78 is 11.0. The molecule has 136 valence electrons. The van der Waals surface area contributed by atoms with Crippen molar-refractivity contribution in [2.45, 2.75) is 51.6 Å². The highest BCUT2D eigenvalue weighted by atomic mass is 28.3. The summed E-state index contributed by atoms with van der Waals surface area (Å²) in [5.74, 6) is 0.0787. The Morgan fingerprint density at radius 2 is 1.92 bits per heavy atom. The van der Waals surface area contributed by atoms with Crippen LogP contribution in [0.2, 0.25) is 13.1 Å². The monoisotopic (exact) mass is 358 g/mol. The average molecular weight is 359 g/mol. The van der Waals surface area contributed by atoms with Crippen LogP contribution in [0.3, 0.4) is 0 Å². The molecule has 0 saturated heterocycles. The summed E-state index contributed by atoms with van der Waals surface area (Å²) in [6.07, 6.45) is 4.25. The van der Waals surface area contributed by atoms with Crippen molar-refractivity contribution < 1.29 is 14.3 Å². The number of hydrogen-bond donors (Lipinski definition) is 0. The van der Waals surface area contributed by atoms with Gasteiger partial charge in [-0.2, -0.15) is 0 Å². The Kier molecular flexibility index (Phi) is 6.79. The van der Waals surface area contributed by atoms with Crippen LogP contribution in [-0.4, -0.2) is 33.4 Å². The predicted molar refractivity (Wildman–Crippen MR) is 105 cm³/mol. The third-order valence-electron chi connectivity index (χ3n) is 4.59. The number of methoxy groups -OCH3 is 1. The van der Waals surface area contributed by atoms with Crippen molar-refractivity contribution in [3.05, 3.63) is 59.3 Å². The Hall–Kier alpha value is -1.65. The molecule has 3 nitrogen and oxygen atoms in total. The highest BCUT2D eigenvalue weighted by Crippen LogP contribution is 2.27. The van der Waals surface area contributed by atoms with Crippen LogP contribution in [0.25, 0.3) is 0 Å². The highest BCUT2D eigenvalue weighted by Gasteiger charge is 2.29. The molecule has 0 aromatic heterocycles. The Labute approximate surface area is 152 Å². The van der Waals surface area contributed by atoms with Crippen molar-refractivity contribution >= 4 is 14.0 Å². The fourth-order valence-corrected chi connectivity index (χ4v) is 6.30. The van der Waals surface area contributed by atoms with Crippen LogP contribution in [0.5, 0.6) is 0 Å². The van der Waals surface area contributed by atoms with Crippen molar-refractivity contribution in [3.8, 4) is 0 Å². The van der Waals surface area contributed by atoms with E-state index in [0.717, 1.165) is 6.04 Å². The molecule has 0 bridgehead atoms. The summed E-state index contributed by atoms with van der Waals surface area (Å²) in [5, 5.41) is 0. The number of ether oxygens (including phenoxy) is 2. The molecular weight excluding hydrogens is 328 g/mol. The second-order valence-electron chi connectivity index (χ2n) is 7.66. The van der Waals surface area contributed by atoms with Crippen molar-refractivity contribution in [1.29, 1.82) is 0 Å². The van der Waals surface area contributed by atoms with E-state index in [1.165, 1.54) is 18.2 Å². The van der Waals surface area contributed by atoms with Crippen LogP contribution >= 0.6 is 0 Å². The van der Waals surface area contributed by atoms with Crippen molar-refractivity contribution in [1.82, 2.24) is 0 Å². The van der Waals surface area contributed by atoms with Gasteiger partial charge in [-0.15, -0.1) is 0 Å². The van der Waals surface area contributed by atoms with E-state index < -0.39 is 8.07 Å². The second-order valence-corrected chi connectivity index (χ2v) is 12.3. The molecule has 0 fully saturated rings. The molecule has 25 heavy (non-hydrogen) atoms. The molecule has 2 rings (SSSR count). The number of esters is 1. The summed E-state index contributed by atoms with van der Waals surface area (Å²) >= 11 is 0. The number of carbonyl (C=O) groups is 1. The molecule has 1 aromatic rings. The van der Waals surface area contributed by atoms with Crippen molar-refractivity contribution in [2.24, 2.45) is 5.92 Å². The number of carbonyl (C=O) groups excluding carboxylic acids is 1. The maximum atomic E-state index is 11.5. The van der Waals surface area contributed by atoms with Gasteiger partial charge in [-0.1, -0.05) is 79.3 Å². The average Bonchev–Trinajstić information content (AvgIpc) is 2.56. The Morgan fingerprint density at radius 3 is 2.56 bits per heavy atom. The molecule has 3 atom stereocenters. The van der Waals surface area contributed by atoms with Crippen LogP contribution in [0.15, 0.2) is 53.8 Å². The van der Waals surface area contributed by atoms with E-state index in [0.29, 0.717) is 5.92 Å². The van der Waals surface area contributed by atoms with Gasteiger partial charge >= 0.3 is 5.97 Å². The van der Waals surface area contributed by atoms with E-state index in [1.54, 1.807) is 0 Å². The zero-order valence-electron chi connectivity index (χ0n) is 16.0. The van der Waals surface area contributed by atoms with Gasteiger partial charge < -0.3 is 9.47 Å². The first kappa shape index (κ1) is 19.7. The van der Waals surface area contributed by atoms with Gasteiger partial charge in [0.05, 0.1) is 33.8 Å². The summed E-state index contributed by atoms with van der Waals surface area (Å²) in [6, 6.07) is 11.8. The largest absolute Gasteiger partial charge is 0.469 e. The van der Waals surface area contributed by atoms with Gasteiger partial charge in [-0.05, 0) is 13.0 Å². The number of hydrogen-bond acceptors (Lipinski definition) is 3. The minimum Gasteiger partial charge on any atom is -0.469 e. The molecule has 0 spiro atoms. The maximum absolute atomic E-state index is 11.5. The summed E-state index contributed by atoms with van der Waals surface area (Å²) in [7, 11) is -0.125. The van der Waals surface area contributed by atoms with Gasteiger partial charge in [0.25, 0.3) is 0 Å². The van der Waals surface area contributed by atoms with Crippen LogP contribution in [0, 0.1) is 5.92 Å². The van der Waals surface area contributed by atoms with Crippen LogP contribution < -0.4 is 0 Å². The standard InChI is InChI=1S/C21H30O3Si/c1-16-11-12-19(13-20(22)23-3)24-21(16)17(2)14-25(4,5)15-18-9-7-6-8-10-18/h6-12,14,16,19,21H,13,15H2,1-5H3/b17-14+/t16-,19+,21-/m0/s1. The minimum atomic E-state index is -1.54. The highest BCUT2D eigenvalue weighted by molar-refractivity contribution is 6.81. The lowest BCUT2D eigenvalue weighted by atomic mass is 9.95. The first-order valence-electron chi connectivity index (χ1n) is 8.94. The number of benzene rings is 1. The molecule has 1 heterocycles. The Bertz CT molecular complexity index is 634. The SMILES string of the molecule is COC(=O)C[C@H]1C=C[C@H](C)[C@@H](/C(C)=C/[Si](C)(C)Cc2ccccc2)O1. The molecule has 0 aliphatic carbocycles. The lowest BCUT2D eigenvalue weighted by molar-refractivity contribution is -0.144. The van der Waals surface area contributed by atoms with Gasteiger partial charge in [0.15, 0.2) is 0 Å². The summed E-state index contributed by atoms with van der Waals surface area (Å²) in [6.45, 7) is 9.10. The van der Waals surface area contributed by atoms with Gasteiger partial charge in [-0.3, -0.25) is 4.79 Å².